The molecule has 0 unspecified atom stereocenters. The van der Waals surface area contributed by atoms with E-state index in [0.717, 1.165) is 6.42 Å². The van der Waals surface area contributed by atoms with E-state index >= 15 is 0 Å². The molecule has 6 rings (SSSR count). The number of likely N-dealkylation sites (N-methyl/N-ethyl adjacent to an activating group) is 1. The van der Waals surface area contributed by atoms with Crippen molar-refractivity contribution in [1.82, 2.24) is 0 Å². The van der Waals surface area contributed by atoms with Crippen LogP contribution in [0, 0.1) is 17.3 Å². The van der Waals surface area contributed by atoms with Gasteiger partial charge in [-0.05, 0) is 43.7 Å². The average molecular weight is 368 g/mol. The Bertz CT molecular complexity index is 855. The normalized spacial score (nSPS) is 50.7. The molecule has 1 aromatic carbocycles. The number of methoxy groups -OCH3 is 1. The van der Waals surface area contributed by atoms with Crippen molar-refractivity contribution in [3.63, 3.8) is 0 Å². The van der Waals surface area contributed by atoms with Gasteiger partial charge in [0.1, 0.15) is 6.04 Å². The Balaban J connectivity index is 1.68. The Hall–Kier alpha value is -1.55. The van der Waals surface area contributed by atoms with Gasteiger partial charge in [0.2, 0.25) is 0 Å². The number of carbonyl (C=O) groups is 1. The average Bonchev–Trinajstić information content (AvgIpc) is 3.34. The molecule has 4 nitrogen and oxygen atoms in total. The number of para-hydroxylation sites is 1. The summed E-state index contributed by atoms with van der Waals surface area (Å²) in [6.45, 7) is 8.66. The number of nitrogens with one attached hydrogen (secondary N) is 1. The Morgan fingerprint density at radius 1 is 1.30 bits per heavy atom. The van der Waals surface area contributed by atoms with Crippen molar-refractivity contribution >= 4 is 11.7 Å². The van der Waals surface area contributed by atoms with Crippen LogP contribution >= 0.6 is 0 Å². The van der Waals surface area contributed by atoms with E-state index in [2.05, 4.69) is 43.4 Å². The summed E-state index contributed by atoms with van der Waals surface area (Å²) >= 11 is 0. The standard InChI is InChI=1S/C23H31N2O2/c1-4-25-12-7-10-21-14-17(19(26)27-3)23(15(21)2)22(11-13-25,20(21)25)16-8-5-6-9-18(16)24-23/h5-6,8-9,15,17,20,24H,4,7,10-14H2,1-3H3/q+1/t15-,17+,20+,21+,22+,23-,25-/m0/s1. The minimum Gasteiger partial charge on any atom is -0.469 e. The summed E-state index contributed by atoms with van der Waals surface area (Å²) in [6.07, 6.45) is 4.79. The zero-order valence-corrected chi connectivity index (χ0v) is 16.8. The van der Waals surface area contributed by atoms with Crippen LogP contribution < -0.4 is 5.32 Å². The van der Waals surface area contributed by atoms with Crippen molar-refractivity contribution in [2.24, 2.45) is 17.3 Å². The lowest BCUT2D eigenvalue weighted by Gasteiger charge is -2.55. The number of quaternary nitrogens is 1. The highest BCUT2D eigenvalue weighted by atomic mass is 16.5. The van der Waals surface area contributed by atoms with Gasteiger partial charge in [0.25, 0.3) is 0 Å². The van der Waals surface area contributed by atoms with Crippen molar-refractivity contribution in [2.45, 2.75) is 56.5 Å². The van der Waals surface area contributed by atoms with Crippen molar-refractivity contribution in [2.75, 3.05) is 32.1 Å². The molecule has 144 valence electrons. The number of nitrogens with zero attached hydrogens (tertiary/aromatic N) is 1. The zero-order chi connectivity index (χ0) is 18.7. The first-order chi connectivity index (χ1) is 13.0. The van der Waals surface area contributed by atoms with Crippen molar-refractivity contribution < 1.29 is 14.0 Å². The highest BCUT2D eigenvalue weighted by molar-refractivity contribution is 5.82. The van der Waals surface area contributed by atoms with Gasteiger partial charge in [-0.15, -0.1) is 0 Å². The second-order valence-corrected chi connectivity index (χ2v) is 9.98. The third-order valence-electron chi connectivity index (χ3n) is 10.0. The molecule has 1 N–H and O–H groups in total. The summed E-state index contributed by atoms with van der Waals surface area (Å²) in [6, 6.07) is 9.58. The number of fused-ring (bicyclic) bond motifs is 1. The summed E-state index contributed by atoms with van der Waals surface area (Å²) in [7, 11) is 1.57. The van der Waals surface area contributed by atoms with E-state index in [1.807, 2.05) is 0 Å². The molecule has 3 spiro atoms. The smallest absolute Gasteiger partial charge is 0.311 e. The van der Waals surface area contributed by atoms with Gasteiger partial charge in [0.05, 0.1) is 43.6 Å². The fourth-order valence-electron chi connectivity index (χ4n) is 9.47. The summed E-state index contributed by atoms with van der Waals surface area (Å²) in [4.78, 5) is 13.1. The molecule has 3 aliphatic heterocycles. The van der Waals surface area contributed by atoms with Gasteiger partial charge < -0.3 is 14.5 Å². The number of hydrogen-bond donors (Lipinski definition) is 1. The second-order valence-electron chi connectivity index (χ2n) is 9.98. The van der Waals surface area contributed by atoms with E-state index in [-0.39, 0.29) is 28.3 Å². The molecule has 4 heteroatoms. The fourth-order valence-corrected chi connectivity index (χ4v) is 9.47. The lowest BCUT2D eigenvalue weighted by molar-refractivity contribution is -0.952. The molecule has 2 saturated heterocycles. The topological polar surface area (TPSA) is 38.3 Å². The Morgan fingerprint density at radius 2 is 2.11 bits per heavy atom. The van der Waals surface area contributed by atoms with Crippen LogP contribution in [0.25, 0.3) is 0 Å². The van der Waals surface area contributed by atoms with Crippen LogP contribution in [0.3, 0.4) is 0 Å². The van der Waals surface area contributed by atoms with Crippen LogP contribution in [0.4, 0.5) is 5.69 Å². The van der Waals surface area contributed by atoms with Gasteiger partial charge in [-0.3, -0.25) is 4.79 Å². The molecule has 2 aliphatic carbocycles. The number of carbonyl (C=O) groups excluding carboxylic acids is 1. The fraction of sp³-hybridized carbons (Fsp3) is 0.696. The number of hydrogen-bond acceptors (Lipinski definition) is 3. The minimum atomic E-state index is -0.173. The van der Waals surface area contributed by atoms with E-state index in [1.165, 1.54) is 54.6 Å². The van der Waals surface area contributed by atoms with Crippen LogP contribution in [0.5, 0.6) is 0 Å². The van der Waals surface area contributed by atoms with Gasteiger partial charge in [-0.25, -0.2) is 0 Å². The van der Waals surface area contributed by atoms with Gasteiger partial charge in [-0.2, -0.15) is 0 Å². The van der Waals surface area contributed by atoms with E-state index in [9.17, 15) is 4.79 Å². The number of piperidine rings is 1. The van der Waals surface area contributed by atoms with Crippen LogP contribution in [0.15, 0.2) is 24.3 Å². The lowest BCUT2D eigenvalue weighted by Crippen LogP contribution is -2.68. The van der Waals surface area contributed by atoms with Crippen LogP contribution in [-0.2, 0) is 14.9 Å². The monoisotopic (exact) mass is 367 g/mol. The molecule has 27 heavy (non-hydrogen) atoms. The van der Waals surface area contributed by atoms with E-state index in [0.29, 0.717) is 12.0 Å². The molecule has 4 fully saturated rings. The molecular weight excluding hydrogens is 336 g/mol. The van der Waals surface area contributed by atoms with Crippen molar-refractivity contribution in [1.29, 1.82) is 0 Å². The maximum absolute atomic E-state index is 13.1. The quantitative estimate of drug-likeness (QED) is 0.644. The summed E-state index contributed by atoms with van der Waals surface area (Å²) in [5.74, 6) is 0.469. The number of anilines is 1. The first-order valence-corrected chi connectivity index (χ1v) is 10.8. The van der Waals surface area contributed by atoms with E-state index in [1.54, 1.807) is 7.11 Å². The maximum atomic E-state index is 13.1. The number of esters is 1. The van der Waals surface area contributed by atoms with Gasteiger partial charge >= 0.3 is 5.97 Å². The second kappa shape index (κ2) is 4.71. The molecule has 0 aromatic heterocycles. The third kappa shape index (κ3) is 1.38. The SMILES string of the molecule is CC[N@+]12CCC[C@]34C[C@H](C(=O)OC)[C@@]5(Nc6ccccc6[C@]5(CC1)[C@@H]32)[C@H]4C. The first kappa shape index (κ1) is 16.4. The Kier molecular flexibility index (Phi) is 2.86. The molecule has 3 heterocycles. The zero-order valence-electron chi connectivity index (χ0n) is 16.8. The molecule has 2 saturated carbocycles. The first-order valence-electron chi connectivity index (χ1n) is 10.8. The highest BCUT2D eigenvalue weighted by Gasteiger charge is 2.90. The largest absolute Gasteiger partial charge is 0.469 e. The molecule has 2 bridgehead atoms. The van der Waals surface area contributed by atoms with Crippen molar-refractivity contribution in [3.05, 3.63) is 29.8 Å². The Labute approximate surface area is 161 Å². The van der Waals surface area contributed by atoms with E-state index in [4.69, 9.17) is 4.74 Å². The molecule has 7 atom stereocenters. The molecule has 1 aromatic rings. The summed E-state index contributed by atoms with van der Waals surface area (Å²) < 4.78 is 6.66. The Morgan fingerprint density at radius 3 is 2.89 bits per heavy atom. The highest BCUT2D eigenvalue weighted by Crippen LogP contribution is 2.81. The lowest BCUT2D eigenvalue weighted by atomic mass is 9.56. The van der Waals surface area contributed by atoms with Crippen LogP contribution in [-0.4, -0.2) is 48.8 Å². The number of ether oxygens (including phenoxy) is 1. The van der Waals surface area contributed by atoms with Crippen molar-refractivity contribution in [3.8, 4) is 0 Å². The van der Waals surface area contributed by atoms with Crippen LogP contribution in [0.1, 0.15) is 45.1 Å². The van der Waals surface area contributed by atoms with Gasteiger partial charge in [0.15, 0.2) is 0 Å². The number of rotatable bonds is 2. The van der Waals surface area contributed by atoms with Gasteiger partial charge in [0, 0.05) is 17.5 Å². The predicted molar refractivity (Wildman–Crippen MR) is 104 cm³/mol. The van der Waals surface area contributed by atoms with Crippen LogP contribution in [0.2, 0.25) is 0 Å². The maximum Gasteiger partial charge on any atom is 0.311 e. The van der Waals surface area contributed by atoms with Gasteiger partial charge in [-0.1, -0.05) is 25.1 Å². The number of benzene rings is 1. The summed E-state index contributed by atoms with van der Waals surface area (Å²) in [5.41, 5.74) is 2.94. The summed E-state index contributed by atoms with van der Waals surface area (Å²) in [5, 5.41) is 4.02. The molecule has 0 amide bonds. The third-order valence-corrected chi connectivity index (χ3v) is 10.0. The molecular formula is C23H31N2O2+. The molecule has 5 aliphatic rings. The minimum absolute atomic E-state index is 0.00364. The molecule has 0 radical (unpaired) electrons. The van der Waals surface area contributed by atoms with E-state index < -0.39 is 0 Å². The predicted octanol–water partition coefficient (Wildman–Crippen LogP) is 3.32.